The van der Waals surface area contributed by atoms with Crippen molar-refractivity contribution < 1.29 is 9.84 Å². The van der Waals surface area contributed by atoms with E-state index >= 15 is 0 Å². The van der Waals surface area contributed by atoms with Gasteiger partial charge in [0.1, 0.15) is 5.59 Å². The molecule has 1 rings (SSSR count). The van der Waals surface area contributed by atoms with Gasteiger partial charge in [0, 0.05) is 18.5 Å². The van der Waals surface area contributed by atoms with Gasteiger partial charge in [-0.25, -0.2) is 4.68 Å². The molecule has 1 aromatic rings. The van der Waals surface area contributed by atoms with Crippen LogP contribution in [0.5, 0.6) is 0 Å². The maximum atomic E-state index is 9.43. The lowest BCUT2D eigenvalue weighted by Crippen LogP contribution is -2.34. The van der Waals surface area contributed by atoms with Gasteiger partial charge in [-0.1, -0.05) is 0 Å². The monoisotopic (exact) mass is 234 g/mol. The second-order valence-electron chi connectivity index (χ2n) is 4.09. The number of nitrogens with zero attached hydrogens (tertiary/aromatic N) is 2. The van der Waals surface area contributed by atoms with E-state index in [0.29, 0.717) is 5.70 Å². The van der Waals surface area contributed by atoms with Crippen LogP contribution in [0.25, 0.3) is 5.70 Å². The minimum Gasteiger partial charge on any atom is -0.465 e. The number of aliphatic hydroxyl groups is 1. The van der Waals surface area contributed by atoms with E-state index in [9.17, 15) is 5.11 Å². The van der Waals surface area contributed by atoms with Gasteiger partial charge in [0.05, 0.1) is 11.4 Å². The average molecular weight is 234 g/mol. The summed E-state index contributed by atoms with van der Waals surface area (Å²) in [6.45, 7) is 1.87. The first-order valence-corrected chi connectivity index (χ1v) is 5.15. The average Bonchev–Trinajstić information content (AvgIpc) is 2.58. The molecule has 0 atom stereocenters. The molecule has 0 unspecified atom stereocenters. The highest BCUT2D eigenvalue weighted by Crippen LogP contribution is 2.09. The van der Waals surface area contributed by atoms with Crippen molar-refractivity contribution in [2.24, 2.45) is 11.5 Å². The van der Waals surface area contributed by atoms with E-state index in [1.807, 2.05) is 13.0 Å². The van der Waals surface area contributed by atoms with Crippen LogP contribution < -0.4 is 11.5 Å². The summed E-state index contributed by atoms with van der Waals surface area (Å²) >= 11 is 0. The molecule has 0 radical (unpaired) electrons. The minimum absolute atomic E-state index is 0.0577. The summed E-state index contributed by atoms with van der Waals surface area (Å²) < 4.78 is 6.62. The maximum Gasteiger partial charge on any atom is 0.187 e. The highest BCUT2D eigenvalue weighted by molar-refractivity contribution is 6.37. The molecule has 1 aromatic heterocycles. The first-order chi connectivity index (χ1) is 7.81. The van der Waals surface area contributed by atoms with Crippen molar-refractivity contribution in [2.75, 3.05) is 0 Å². The number of nitrogens with two attached hydrogens (primary N) is 2. The molecule has 0 spiro atoms. The molecule has 5 N–H and O–H groups in total. The van der Waals surface area contributed by atoms with Crippen molar-refractivity contribution in [3.63, 3.8) is 0 Å². The molecule has 0 saturated heterocycles. The van der Waals surface area contributed by atoms with E-state index < -0.39 is 5.59 Å². The first kappa shape index (κ1) is 13.2. The predicted molar refractivity (Wildman–Crippen MR) is 70.8 cm³/mol. The van der Waals surface area contributed by atoms with E-state index in [2.05, 4.69) is 5.10 Å². The van der Waals surface area contributed by atoms with Crippen molar-refractivity contribution >= 4 is 21.4 Å². The Morgan fingerprint density at radius 2 is 2.29 bits per heavy atom. The molecular weight excluding hydrogens is 218 g/mol. The third-order valence-corrected chi connectivity index (χ3v) is 1.82. The van der Waals surface area contributed by atoms with Crippen LogP contribution in [0.15, 0.2) is 30.4 Å². The van der Waals surface area contributed by atoms with E-state index in [4.69, 9.17) is 16.2 Å². The lowest BCUT2D eigenvalue weighted by atomic mass is 9.77. The molecule has 17 heavy (non-hydrogen) atoms. The standard InChI is InChI=1S/C9H16B2N4O2/c1-6-2-3-15(14-6)7(5-12)4-8(13)17-9(10,11)16/h2-5,16H,10-13H2,1H3/b7-5+,8-4+. The van der Waals surface area contributed by atoms with Gasteiger partial charge in [0.25, 0.3) is 0 Å². The van der Waals surface area contributed by atoms with Crippen molar-refractivity contribution in [2.45, 2.75) is 12.5 Å². The molecular formula is C9H16B2N4O2. The quantitative estimate of drug-likeness (QED) is 0.234. The molecule has 0 aliphatic heterocycles. The van der Waals surface area contributed by atoms with Crippen LogP contribution >= 0.6 is 0 Å². The van der Waals surface area contributed by atoms with Crippen LogP contribution in [0.3, 0.4) is 0 Å². The summed E-state index contributed by atoms with van der Waals surface area (Å²) in [4.78, 5) is 0. The van der Waals surface area contributed by atoms with Gasteiger partial charge < -0.3 is 21.3 Å². The topological polar surface area (TPSA) is 99.3 Å². The van der Waals surface area contributed by atoms with Crippen molar-refractivity contribution in [1.82, 2.24) is 9.78 Å². The zero-order valence-corrected chi connectivity index (χ0v) is 10.2. The number of hydrogen-bond donors (Lipinski definition) is 3. The smallest absolute Gasteiger partial charge is 0.187 e. The number of aromatic nitrogens is 2. The summed E-state index contributed by atoms with van der Waals surface area (Å²) in [6, 6.07) is 1.84. The van der Waals surface area contributed by atoms with E-state index in [-0.39, 0.29) is 5.88 Å². The number of hydrogen-bond acceptors (Lipinski definition) is 5. The largest absolute Gasteiger partial charge is 0.465 e. The summed E-state index contributed by atoms with van der Waals surface area (Å²) in [5.74, 6) is 0.0577. The summed E-state index contributed by atoms with van der Waals surface area (Å²) in [7, 11) is 2.97. The van der Waals surface area contributed by atoms with Gasteiger partial charge in [-0.3, -0.25) is 0 Å². The number of allylic oxidation sites excluding steroid dienone is 2. The normalized spacial score (nSPS) is 13.8. The van der Waals surface area contributed by atoms with Crippen LogP contribution in [0.4, 0.5) is 0 Å². The van der Waals surface area contributed by atoms with Crippen molar-refractivity contribution in [3.05, 3.63) is 36.1 Å². The van der Waals surface area contributed by atoms with E-state index in [1.165, 1.54) is 28.0 Å². The maximum absolute atomic E-state index is 9.43. The Hall–Kier alpha value is -1.82. The molecule has 0 bridgehead atoms. The highest BCUT2D eigenvalue weighted by atomic mass is 16.6. The summed E-state index contributed by atoms with van der Waals surface area (Å²) in [5, 5.41) is 13.6. The Kier molecular flexibility index (Phi) is 3.90. The molecule has 0 aromatic carbocycles. The summed E-state index contributed by atoms with van der Waals surface area (Å²) in [5.41, 5.74) is 11.2. The highest BCUT2D eigenvalue weighted by Gasteiger charge is 2.14. The fourth-order valence-corrected chi connectivity index (χ4v) is 1.21. The third-order valence-electron chi connectivity index (χ3n) is 1.82. The Balaban J connectivity index is 2.88. The SMILES string of the molecule is BC(B)(O)O/C(N)=C/C(=C\N)n1ccc(C)n1. The van der Waals surface area contributed by atoms with Crippen LogP contribution in [0.1, 0.15) is 5.69 Å². The lowest BCUT2D eigenvalue weighted by molar-refractivity contribution is -0.0390. The Morgan fingerprint density at radius 3 is 2.71 bits per heavy atom. The third kappa shape index (κ3) is 4.28. The second kappa shape index (κ2) is 5.01. The molecule has 0 amide bonds. The number of rotatable bonds is 4. The van der Waals surface area contributed by atoms with Crippen molar-refractivity contribution in [1.29, 1.82) is 0 Å². The Morgan fingerprint density at radius 1 is 1.65 bits per heavy atom. The molecule has 90 valence electrons. The molecule has 0 aliphatic carbocycles. The van der Waals surface area contributed by atoms with Crippen molar-refractivity contribution in [3.8, 4) is 0 Å². The van der Waals surface area contributed by atoms with E-state index in [0.717, 1.165) is 5.69 Å². The fraction of sp³-hybridized carbons (Fsp3) is 0.222. The molecule has 1 heterocycles. The molecule has 0 fully saturated rings. The molecule has 6 nitrogen and oxygen atoms in total. The first-order valence-electron chi connectivity index (χ1n) is 5.15. The Bertz CT molecular complexity index is 448. The Labute approximate surface area is 102 Å². The number of ether oxygens (including phenoxy) is 1. The summed E-state index contributed by atoms with van der Waals surface area (Å²) in [6.07, 6.45) is 4.60. The second-order valence-corrected chi connectivity index (χ2v) is 4.09. The van der Waals surface area contributed by atoms with E-state index in [1.54, 1.807) is 10.9 Å². The fourth-order valence-electron chi connectivity index (χ4n) is 1.21. The van der Waals surface area contributed by atoms with Crippen LogP contribution in [0, 0.1) is 6.92 Å². The van der Waals surface area contributed by atoms with Gasteiger partial charge in [-0.05, 0) is 13.0 Å². The zero-order valence-electron chi connectivity index (χ0n) is 10.2. The van der Waals surface area contributed by atoms with Gasteiger partial charge in [-0.15, -0.1) is 0 Å². The zero-order chi connectivity index (χ0) is 13.1. The van der Waals surface area contributed by atoms with Gasteiger partial charge in [0.15, 0.2) is 21.6 Å². The van der Waals surface area contributed by atoms with Crippen LogP contribution in [-0.2, 0) is 4.74 Å². The molecule has 0 aliphatic rings. The number of aryl methyl sites for hydroxylation is 1. The van der Waals surface area contributed by atoms with Gasteiger partial charge in [0.2, 0.25) is 0 Å². The van der Waals surface area contributed by atoms with Gasteiger partial charge in [-0.2, -0.15) is 5.10 Å². The predicted octanol–water partition coefficient (Wildman–Crippen LogP) is -2.36. The molecule has 0 saturated carbocycles. The van der Waals surface area contributed by atoms with Gasteiger partial charge >= 0.3 is 0 Å². The minimum atomic E-state index is -1.33. The van der Waals surface area contributed by atoms with Crippen LogP contribution in [0.2, 0.25) is 0 Å². The lowest BCUT2D eigenvalue weighted by Gasteiger charge is -2.20. The molecule has 8 heteroatoms. The van der Waals surface area contributed by atoms with Crippen LogP contribution in [-0.4, -0.2) is 36.2 Å².